The van der Waals surface area contributed by atoms with E-state index in [1.807, 2.05) is 24.3 Å². The van der Waals surface area contributed by atoms with Crippen LogP contribution in [-0.2, 0) is 11.8 Å². The highest BCUT2D eigenvalue weighted by atomic mass is 127. The first-order valence-corrected chi connectivity index (χ1v) is 10.2. The van der Waals surface area contributed by atoms with Gasteiger partial charge in [0.2, 0.25) is 0 Å². The highest BCUT2D eigenvalue weighted by Gasteiger charge is 2.20. The predicted molar refractivity (Wildman–Crippen MR) is 135 cm³/mol. The van der Waals surface area contributed by atoms with Crippen molar-refractivity contribution in [2.75, 3.05) is 27.2 Å². The number of guanidine groups is 1. The molecule has 0 aliphatic rings. The summed E-state index contributed by atoms with van der Waals surface area (Å²) in [4.78, 5) is 16.1. The quantitative estimate of drug-likeness (QED) is 0.266. The maximum absolute atomic E-state index is 11.8. The Balaban J connectivity index is 0.00000420. The van der Waals surface area contributed by atoms with Gasteiger partial charge in [-0.1, -0.05) is 54.0 Å². The fourth-order valence-corrected chi connectivity index (χ4v) is 3.13. The van der Waals surface area contributed by atoms with Crippen molar-refractivity contribution >= 4 is 51.8 Å². The maximum atomic E-state index is 11.8. The van der Waals surface area contributed by atoms with Crippen LogP contribution in [0.3, 0.4) is 0 Å². The minimum absolute atomic E-state index is 0. The van der Waals surface area contributed by atoms with Crippen molar-refractivity contribution in [3.63, 3.8) is 0 Å². The molecule has 2 aromatic rings. The minimum Gasteiger partial charge on any atom is -0.356 e. The molecule has 158 valence electrons. The SMILES string of the molecule is CN=C(NCCc1cccc(C(=O)NC)c1)NCC(C)(C)c1ccc(Br)cc1.I. The van der Waals surface area contributed by atoms with E-state index in [1.165, 1.54) is 5.56 Å². The van der Waals surface area contributed by atoms with Crippen LogP contribution in [-0.4, -0.2) is 39.1 Å². The molecule has 0 heterocycles. The number of rotatable bonds is 7. The smallest absolute Gasteiger partial charge is 0.251 e. The lowest BCUT2D eigenvalue weighted by atomic mass is 9.85. The van der Waals surface area contributed by atoms with Crippen molar-refractivity contribution in [3.05, 3.63) is 69.7 Å². The number of carbonyl (C=O) groups excluding carboxylic acids is 1. The van der Waals surface area contributed by atoms with Gasteiger partial charge in [-0.05, 0) is 41.8 Å². The molecule has 0 fully saturated rings. The average Bonchev–Trinajstić information content (AvgIpc) is 2.70. The molecule has 2 rings (SSSR count). The Kier molecular flexibility index (Phi) is 10.7. The van der Waals surface area contributed by atoms with E-state index in [0.717, 1.165) is 35.5 Å². The number of amides is 1. The van der Waals surface area contributed by atoms with Gasteiger partial charge in [0.25, 0.3) is 5.91 Å². The number of nitrogens with zero attached hydrogens (tertiary/aromatic N) is 1. The van der Waals surface area contributed by atoms with Gasteiger partial charge < -0.3 is 16.0 Å². The number of nitrogens with one attached hydrogen (secondary N) is 3. The largest absolute Gasteiger partial charge is 0.356 e. The van der Waals surface area contributed by atoms with Crippen LogP contribution in [0.4, 0.5) is 0 Å². The van der Waals surface area contributed by atoms with Crippen LogP contribution in [0.25, 0.3) is 0 Å². The monoisotopic (exact) mass is 572 g/mol. The van der Waals surface area contributed by atoms with Gasteiger partial charge in [0.05, 0.1) is 0 Å². The van der Waals surface area contributed by atoms with E-state index in [9.17, 15) is 4.79 Å². The van der Waals surface area contributed by atoms with Crippen LogP contribution in [0.2, 0.25) is 0 Å². The van der Waals surface area contributed by atoms with Gasteiger partial charge in [-0.2, -0.15) is 0 Å². The van der Waals surface area contributed by atoms with Crippen LogP contribution in [0, 0.1) is 0 Å². The van der Waals surface area contributed by atoms with Gasteiger partial charge in [-0.3, -0.25) is 9.79 Å². The van der Waals surface area contributed by atoms with E-state index in [4.69, 9.17) is 0 Å². The van der Waals surface area contributed by atoms with E-state index in [-0.39, 0.29) is 35.3 Å². The Morgan fingerprint density at radius 3 is 2.41 bits per heavy atom. The molecule has 0 atom stereocenters. The summed E-state index contributed by atoms with van der Waals surface area (Å²) in [5.41, 5.74) is 3.03. The number of carbonyl (C=O) groups is 1. The molecule has 2 aromatic carbocycles. The maximum Gasteiger partial charge on any atom is 0.251 e. The van der Waals surface area contributed by atoms with Gasteiger partial charge >= 0.3 is 0 Å². The third-order valence-corrected chi connectivity index (χ3v) is 5.20. The molecule has 29 heavy (non-hydrogen) atoms. The summed E-state index contributed by atoms with van der Waals surface area (Å²) >= 11 is 3.48. The second kappa shape index (κ2) is 12.2. The van der Waals surface area contributed by atoms with Crippen LogP contribution in [0.5, 0.6) is 0 Å². The summed E-state index contributed by atoms with van der Waals surface area (Å²) in [5, 5.41) is 9.41. The molecular formula is C22H30BrIN4O. The molecule has 1 amide bonds. The molecule has 5 nitrogen and oxygen atoms in total. The Bertz CT molecular complexity index is 822. The summed E-state index contributed by atoms with van der Waals surface area (Å²) in [5.74, 6) is 0.704. The van der Waals surface area contributed by atoms with Crippen LogP contribution >= 0.6 is 39.9 Å². The predicted octanol–water partition coefficient (Wildman–Crippen LogP) is 4.11. The van der Waals surface area contributed by atoms with Crippen molar-refractivity contribution in [1.29, 1.82) is 0 Å². The first-order chi connectivity index (χ1) is 13.4. The lowest BCUT2D eigenvalue weighted by Crippen LogP contribution is -2.44. The Hall–Kier alpha value is -1.61. The van der Waals surface area contributed by atoms with Gasteiger partial charge in [-0.15, -0.1) is 24.0 Å². The highest BCUT2D eigenvalue weighted by molar-refractivity contribution is 14.0. The molecule has 0 saturated carbocycles. The highest BCUT2D eigenvalue weighted by Crippen LogP contribution is 2.23. The molecule has 3 N–H and O–H groups in total. The van der Waals surface area contributed by atoms with Gasteiger partial charge in [0.15, 0.2) is 5.96 Å². The van der Waals surface area contributed by atoms with Crippen LogP contribution in [0.1, 0.15) is 35.3 Å². The lowest BCUT2D eigenvalue weighted by molar-refractivity contribution is 0.0963. The zero-order chi connectivity index (χ0) is 20.6. The fraction of sp³-hybridized carbons (Fsp3) is 0.364. The molecule has 0 aliphatic heterocycles. The van der Waals surface area contributed by atoms with Gasteiger partial charge in [0, 0.05) is 42.6 Å². The number of benzene rings is 2. The molecular weight excluding hydrogens is 543 g/mol. The van der Waals surface area contributed by atoms with E-state index in [2.05, 4.69) is 75.0 Å². The zero-order valence-electron chi connectivity index (χ0n) is 17.4. The summed E-state index contributed by atoms with van der Waals surface area (Å²) in [7, 11) is 3.41. The third-order valence-electron chi connectivity index (χ3n) is 4.67. The van der Waals surface area contributed by atoms with E-state index >= 15 is 0 Å². The third kappa shape index (κ3) is 7.97. The molecule has 0 radical (unpaired) electrons. The van der Waals surface area contributed by atoms with Crippen molar-refractivity contribution in [2.24, 2.45) is 4.99 Å². The molecule has 0 unspecified atom stereocenters. The summed E-state index contributed by atoms with van der Waals surface area (Å²) in [6.07, 6.45) is 0.807. The van der Waals surface area contributed by atoms with Crippen molar-refractivity contribution in [3.8, 4) is 0 Å². The lowest BCUT2D eigenvalue weighted by Gasteiger charge is -2.27. The van der Waals surface area contributed by atoms with E-state index in [0.29, 0.717) is 5.56 Å². The topological polar surface area (TPSA) is 65.5 Å². The Labute approximate surface area is 199 Å². The van der Waals surface area contributed by atoms with Crippen molar-refractivity contribution in [2.45, 2.75) is 25.7 Å². The second-order valence-electron chi connectivity index (χ2n) is 7.27. The standard InChI is InChI=1S/C22H29BrN4O.HI/c1-22(2,18-8-10-19(23)11-9-18)15-27-21(25-4)26-13-12-16-6-5-7-17(14-16)20(28)24-3;/h5-11,14H,12-13,15H2,1-4H3,(H,24,28)(H2,25,26,27);1H. The summed E-state index contributed by atoms with van der Waals surface area (Å²) < 4.78 is 1.08. The number of hydrogen-bond donors (Lipinski definition) is 3. The van der Waals surface area contributed by atoms with Gasteiger partial charge in [-0.25, -0.2) is 0 Å². The summed E-state index contributed by atoms with van der Waals surface area (Å²) in [6.45, 7) is 5.91. The van der Waals surface area contributed by atoms with Crippen LogP contribution < -0.4 is 16.0 Å². The first-order valence-electron chi connectivity index (χ1n) is 9.37. The average molecular weight is 573 g/mol. The minimum atomic E-state index is -0.0672. The van der Waals surface area contributed by atoms with Crippen LogP contribution in [0.15, 0.2) is 58.0 Å². The number of halogens is 2. The molecule has 0 spiro atoms. The Morgan fingerprint density at radius 1 is 1.10 bits per heavy atom. The summed E-state index contributed by atoms with van der Waals surface area (Å²) in [6, 6.07) is 16.1. The van der Waals surface area contributed by atoms with Gasteiger partial charge in [0.1, 0.15) is 0 Å². The van der Waals surface area contributed by atoms with E-state index < -0.39 is 0 Å². The Morgan fingerprint density at radius 2 is 1.79 bits per heavy atom. The normalized spacial score (nSPS) is 11.4. The second-order valence-corrected chi connectivity index (χ2v) is 8.19. The molecule has 7 heteroatoms. The fourth-order valence-electron chi connectivity index (χ4n) is 2.87. The molecule has 0 saturated heterocycles. The number of hydrogen-bond acceptors (Lipinski definition) is 2. The van der Waals surface area contributed by atoms with Crippen molar-refractivity contribution < 1.29 is 4.79 Å². The molecule has 0 aliphatic carbocycles. The number of aliphatic imine (C=N–C) groups is 1. The van der Waals surface area contributed by atoms with Crippen molar-refractivity contribution in [1.82, 2.24) is 16.0 Å². The zero-order valence-corrected chi connectivity index (χ0v) is 21.3. The molecule has 0 bridgehead atoms. The van der Waals surface area contributed by atoms with E-state index in [1.54, 1.807) is 14.1 Å². The molecule has 0 aromatic heterocycles. The first kappa shape index (κ1) is 25.4.